The van der Waals surface area contributed by atoms with Gasteiger partial charge in [0.05, 0.1) is 12.0 Å². The largest absolute Gasteiger partial charge is 0.489 e. The first kappa shape index (κ1) is 24.1. The fraction of sp³-hybridized carbons (Fsp3) is 0.600. The highest BCUT2D eigenvalue weighted by Gasteiger charge is 2.45. The van der Waals surface area contributed by atoms with E-state index in [0.29, 0.717) is 23.4 Å². The molecule has 3 atom stereocenters. The van der Waals surface area contributed by atoms with E-state index in [1.807, 2.05) is 6.07 Å². The van der Waals surface area contributed by atoms with Crippen LogP contribution in [0.3, 0.4) is 0 Å². The van der Waals surface area contributed by atoms with Crippen molar-refractivity contribution in [2.24, 2.45) is 11.8 Å². The van der Waals surface area contributed by atoms with Crippen LogP contribution in [0.15, 0.2) is 30.3 Å². The maximum absolute atomic E-state index is 11.6. The van der Waals surface area contributed by atoms with Crippen LogP contribution in [0, 0.1) is 23.2 Å². The highest BCUT2D eigenvalue weighted by Crippen LogP contribution is 2.45. The number of nitrogens with zero attached hydrogens (tertiary/aromatic N) is 2. The van der Waals surface area contributed by atoms with Crippen molar-refractivity contribution < 1.29 is 14.6 Å². The minimum absolute atomic E-state index is 0.202. The number of nitriles is 1. The number of piperidine rings is 1. The lowest BCUT2D eigenvalue weighted by Crippen LogP contribution is -2.46. The van der Waals surface area contributed by atoms with E-state index in [1.54, 1.807) is 0 Å². The molecule has 3 fully saturated rings. The number of benzene rings is 2. The second-order valence-electron chi connectivity index (χ2n) is 11.0. The van der Waals surface area contributed by atoms with Crippen molar-refractivity contribution in [3.8, 4) is 11.8 Å². The normalized spacial score (nSPS) is 29.6. The Labute approximate surface area is 209 Å². The first-order valence-electron chi connectivity index (χ1n) is 13.7. The molecule has 2 aromatic carbocycles. The second kappa shape index (κ2) is 10.2. The Morgan fingerprint density at radius 2 is 1.80 bits per heavy atom. The molecular formula is C30H38N2O3. The van der Waals surface area contributed by atoms with Crippen LogP contribution >= 0.6 is 0 Å². The molecule has 3 unspecified atom stereocenters. The predicted molar refractivity (Wildman–Crippen MR) is 137 cm³/mol. The van der Waals surface area contributed by atoms with Gasteiger partial charge in [-0.2, -0.15) is 5.26 Å². The van der Waals surface area contributed by atoms with Crippen LogP contribution in [0.25, 0.3) is 10.8 Å². The first-order valence-corrected chi connectivity index (χ1v) is 13.7. The quantitative estimate of drug-likeness (QED) is 0.476. The standard InChI is InChI=1S/C30H38N2O3/c1-3-19-5-11-25(12-6-19)35-29-14-8-20-15-21(7-13-26(20)27(29)18-31)28(4-2)32-23-9-10-24(32)17-22(16-23)30(33)34/h7-8,13-15,19,22-25,28H,3-6,9-12,16-17H2,1-2H3,(H,33,34)/t19-,22?,23?,24?,25+,28?. The summed E-state index contributed by atoms with van der Waals surface area (Å²) in [4.78, 5) is 14.2. The summed E-state index contributed by atoms with van der Waals surface area (Å²) in [5.74, 6) is 0.692. The van der Waals surface area contributed by atoms with Gasteiger partial charge in [-0.1, -0.05) is 38.5 Å². The monoisotopic (exact) mass is 474 g/mol. The van der Waals surface area contributed by atoms with Crippen molar-refractivity contribution >= 4 is 16.7 Å². The number of ether oxygens (including phenoxy) is 1. The van der Waals surface area contributed by atoms with Gasteiger partial charge in [-0.25, -0.2) is 0 Å². The summed E-state index contributed by atoms with van der Waals surface area (Å²) < 4.78 is 6.36. The van der Waals surface area contributed by atoms with E-state index in [2.05, 4.69) is 49.1 Å². The molecule has 0 spiro atoms. The van der Waals surface area contributed by atoms with Crippen molar-refractivity contribution in [2.45, 2.75) is 102 Å². The van der Waals surface area contributed by atoms with Gasteiger partial charge in [0.15, 0.2) is 0 Å². The molecule has 2 aliphatic heterocycles. The van der Waals surface area contributed by atoms with Crippen LogP contribution in [0.1, 0.15) is 95.2 Å². The van der Waals surface area contributed by atoms with E-state index in [-0.39, 0.29) is 18.1 Å². The highest BCUT2D eigenvalue weighted by molar-refractivity contribution is 5.90. The van der Waals surface area contributed by atoms with Gasteiger partial charge in [-0.15, -0.1) is 0 Å². The molecule has 0 aromatic heterocycles. The third-order valence-electron chi connectivity index (χ3n) is 9.05. The summed E-state index contributed by atoms with van der Waals surface area (Å²) in [5, 5.41) is 21.6. The summed E-state index contributed by atoms with van der Waals surface area (Å²) >= 11 is 0. The fourth-order valence-corrected chi connectivity index (χ4v) is 7.13. The topological polar surface area (TPSA) is 73.6 Å². The Balaban J connectivity index is 1.38. The number of rotatable bonds is 7. The zero-order valence-corrected chi connectivity index (χ0v) is 21.1. The summed E-state index contributed by atoms with van der Waals surface area (Å²) in [6.45, 7) is 4.49. The molecular weight excluding hydrogens is 436 g/mol. The smallest absolute Gasteiger partial charge is 0.306 e. The molecule has 5 nitrogen and oxygen atoms in total. The van der Waals surface area contributed by atoms with E-state index in [4.69, 9.17) is 4.74 Å². The number of carbonyl (C=O) groups is 1. The van der Waals surface area contributed by atoms with Gasteiger partial charge in [0, 0.05) is 23.5 Å². The van der Waals surface area contributed by atoms with Gasteiger partial charge < -0.3 is 9.84 Å². The predicted octanol–water partition coefficient (Wildman–Crippen LogP) is 6.84. The summed E-state index contributed by atoms with van der Waals surface area (Å²) in [6, 6.07) is 14.0. The molecule has 186 valence electrons. The summed E-state index contributed by atoms with van der Waals surface area (Å²) in [6.07, 6.45) is 10.7. The Bertz CT molecular complexity index is 1100. The number of carboxylic acid groups (broad SMARTS) is 1. The molecule has 0 amide bonds. The van der Waals surface area contributed by atoms with Gasteiger partial charge in [0.1, 0.15) is 17.4 Å². The van der Waals surface area contributed by atoms with Gasteiger partial charge in [0.2, 0.25) is 0 Å². The van der Waals surface area contributed by atoms with Crippen LogP contribution in [-0.4, -0.2) is 34.2 Å². The van der Waals surface area contributed by atoms with Crippen molar-refractivity contribution in [3.05, 3.63) is 41.5 Å². The number of hydrogen-bond donors (Lipinski definition) is 1. The van der Waals surface area contributed by atoms with Crippen molar-refractivity contribution in [2.75, 3.05) is 0 Å². The summed E-state index contributed by atoms with van der Waals surface area (Å²) in [5.41, 5.74) is 1.91. The molecule has 2 saturated heterocycles. The Morgan fingerprint density at radius 1 is 1.09 bits per heavy atom. The van der Waals surface area contributed by atoms with Crippen molar-refractivity contribution in [1.29, 1.82) is 5.26 Å². The van der Waals surface area contributed by atoms with E-state index in [0.717, 1.165) is 61.6 Å². The Morgan fingerprint density at radius 3 is 2.40 bits per heavy atom. The number of aliphatic carboxylic acids is 1. The zero-order chi connectivity index (χ0) is 24.5. The summed E-state index contributed by atoms with van der Waals surface area (Å²) in [7, 11) is 0. The van der Waals surface area contributed by atoms with E-state index < -0.39 is 5.97 Å². The van der Waals surface area contributed by atoms with Crippen LogP contribution in [-0.2, 0) is 4.79 Å². The Hall–Kier alpha value is -2.58. The van der Waals surface area contributed by atoms with Crippen LogP contribution in [0.5, 0.6) is 5.75 Å². The molecule has 2 aromatic rings. The van der Waals surface area contributed by atoms with Crippen molar-refractivity contribution in [1.82, 2.24) is 4.90 Å². The SMILES string of the molecule is CCC(c1ccc2c(C#N)c(O[C@H]3CC[C@@H](CC)CC3)ccc2c1)N1C2CCC1CC(C(=O)O)C2. The van der Waals surface area contributed by atoms with Crippen LogP contribution < -0.4 is 4.74 Å². The maximum atomic E-state index is 11.6. The average Bonchev–Trinajstić information content (AvgIpc) is 3.12. The van der Waals surface area contributed by atoms with Crippen LogP contribution in [0.2, 0.25) is 0 Å². The first-order chi connectivity index (χ1) is 17.0. The lowest BCUT2D eigenvalue weighted by Gasteiger charge is -2.42. The molecule has 3 aliphatic rings. The number of fused-ring (bicyclic) bond motifs is 3. The van der Waals surface area contributed by atoms with Crippen molar-refractivity contribution in [3.63, 3.8) is 0 Å². The average molecular weight is 475 g/mol. The van der Waals surface area contributed by atoms with E-state index >= 15 is 0 Å². The second-order valence-corrected chi connectivity index (χ2v) is 11.0. The highest BCUT2D eigenvalue weighted by atomic mass is 16.5. The molecule has 2 bridgehead atoms. The minimum Gasteiger partial charge on any atom is -0.489 e. The van der Waals surface area contributed by atoms with E-state index in [1.165, 1.54) is 24.8 Å². The van der Waals surface area contributed by atoms with Gasteiger partial charge in [-0.05, 0) is 86.8 Å². The van der Waals surface area contributed by atoms with Gasteiger partial charge in [-0.3, -0.25) is 9.69 Å². The lowest BCUT2D eigenvalue weighted by atomic mass is 9.86. The number of carboxylic acids is 1. The Kier molecular flexibility index (Phi) is 7.02. The molecule has 5 heteroatoms. The third-order valence-corrected chi connectivity index (χ3v) is 9.05. The number of hydrogen-bond acceptors (Lipinski definition) is 4. The molecule has 1 saturated carbocycles. The molecule has 35 heavy (non-hydrogen) atoms. The molecule has 2 heterocycles. The zero-order valence-electron chi connectivity index (χ0n) is 21.1. The molecule has 1 N–H and O–H groups in total. The maximum Gasteiger partial charge on any atom is 0.306 e. The van der Waals surface area contributed by atoms with Crippen LogP contribution in [0.4, 0.5) is 0 Å². The fourth-order valence-electron chi connectivity index (χ4n) is 7.13. The molecule has 0 radical (unpaired) electrons. The third kappa shape index (κ3) is 4.66. The van der Waals surface area contributed by atoms with Gasteiger partial charge >= 0.3 is 5.97 Å². The lowest BCUT2D eigenvalue weighted by molar-refractivity contribution is -0.144. The molecule has 1 aliphatic carbocycles. The minimum atomic E-state index is -0.638. The van der Waals surface area contributed by atoms with Gasteiger partial charge in [0.25, 0.3) is 0 Å². The van der Waals surface area contributed by atoms with E-state index in [9.17, 15) is 15.2 Å². The molecule has 5 rings (SSSR count).